The van der Waals surface area contributed by atoms with E-state index >= 15 is 0 Å². The van der Waals surface area contributed by atoms with E-state index in [0.29, 0.717) is 6.61 Å². The largest absolute Gasteiger partial charge is 0.481 e. The number of unbranched alkanes of at least 4 members (excludes halogenated alkanes) is 6. The van der Waals surface area contributed by atoms with Gasteiger partial charge in [0.05, 0.1) is 5.41 Å². The van der Waals surface area contributed by atoms with Crippen LogP contribution < -0.4 is 0 Å². The van der Waals surface area contributed by atoms with Crippen molar-refractivity contribution in [2.75, 3.05) is 13.7 Å². The molecule has 3 heteroatoms. The van der Waals surface area contributed by atoms with Gasteiger partial charge in [-0.1, -0.05) is 82.6 Å². The number of methoxy groups -OCH3 is 1. The van der Waals surface area contributed by atoms with Gasteiger partial charge in [0.2, 0.25) is 0 Å². The third-order valence-electron chi connectivity index (χ3n) is 5.47. The minimum absolute atomic E-state index is 0.0393. The molecule has 2 unspecified atom stereocenters. The normalized spacial score (nSPS) is 22.8. The number of hydrogen-bond donors (Lipinski definition) is 1. The Morgan fingerprint density at radius 3 is 2.44 bits per heavy atom. The molecule has 0 aliphatic heterocycles. The fraction of sp³-hybridized carbons (Fsp3) is 0.773. The van der Waals surface area contributed by atoms with Crippen molar-refractivity contribution in [3.05, 3.63) is 23.8 Å². The van der Waals surface area contributed by atoms with Crippen LogP contribution >= 0.6 is 0 Å². The number of carboxylic acids is 1. The molecule has 0 heterocycles. The first-order valence-corrected chi connectivity index (χ1v) is 10.2. The molecule has 0 saturated carbocycles. The van der Waals surface area contributed by atoms with Gasteiger partial charge in [-0.05, 0) is 31.6 Å². The number of allylic oxidation sites excluding steroid dienone is 3. The van der Waals surface area contributed by atoms with Crippen LogP contribution in [0.3, 0.4) is 0 Å². The van der Waals surface area contributed by atoms with Gasteiger partial charge in [-0.3, -0.25) is 4.79 Å². The summed E-state index contributed by atoms with van der Waals surface area (Å²) in [6.07, 6.45) is 18.3. The third-order valence-corrected chi connectivity index (χ3v) is 5.47. The fourth-order valence-corrected chi connectivity index (χ4v) is 3.78. The second-order valence-electron chi connectivity index (χ2n) is 7.43. The van der Waals surface area contributed by atoms with Crippen molar-refractivity contribution < 1.29 is 14.6 Å². The zero-order valence-electron chi connectivity index (χ0n) is 16.6. The smallest absolute Gasteiger partial charge is 0.314 e. The van der Waals surface area contributed by atoms with Crippen molar-refractivity contribution in [1.82, 2.24) is 0 Å². The highest BCUT2D eigenvalue weighted by Gasteiger charge is 2.43. The highest BCUT2D eigenvalue weighted by molar-refractivity contribution is 5.78. The lowest BCUT2D eigenvalue weighted by Gasteiger charge is -2.36. The molecule has 0 saturated heterocycles. The maximum Gasteiger partial charge on any atom is 0.314 e. The first-order valence-electron chi connectivity index (χ1n) is 10.2. The van der Waals surface area contributed by atoms with Gasteiger partial charge in [0.1, 0.15) is 0 Å². The molecule has 0 aromatic carbocycles. The SMILES string of the molecule is CCCCCCCCC1(C(=O)O)C=CC(CCCC)=CC1CCOC. The molecule has 0 aromatic rings. The molecule has 1 aliphatic rings. The van der Waals surface area contributed by atoms with Crippen molar-refractivity contribution in [2.45, 2.75) is 84.5 Å². The molecule has 144 valence electrons. The summed E-state index contributed by atoms with van der Waals surface area (Å²) in [7, 11) is 1.69. The molecule has 0 fully saturated rings. The zero-order valence-corrected chi connectivity index (χ0v) is 16.6. The second-order valence-corrected chi connectivity index (χ2v) is 7.43. The van der Waals surface area contributed by atoms with Crippen LogP contribution in [0.25, 0.3) is 0 Å². The summed E-state index contributed by atoms with van der Waals surface area (Å²) in [5, 5.41) is 10.0. The topological polar surface area (TPSA) is 46.5 Å². The van der Waals surface area contributed by atoms with Gasteiger partial charge in [0, 0.05) is 13.7 Å². The van der Waals surface area contributed by atoms with Crippen LogP contribution in [0.2, 0.25) is 0 Å². The summed E-state index contributed by atoms with van der Waals surface area (Å²) in [6.45, 7) is 5.02. The molecule has 0 spiro atoms. The Labute approximate surface area is 154 Å². The molecule has 0 amide bonds. The van der Waals surface area contributed by atoms with Crippen molar-refractivity contribution in [3.63, 3.8) is 0 Å². The number of hydrogen-bond acceptors (Lipinski definition) is 2. The zero-order chi connectivity index (χ0) is 18.5. The van der Waals surface area contributed by atoms with E-state index in [0.717, 1.165) is 44.9 Å². The number of carbonyl (C=O) groups is 1. The lowest BCUT2D eigenvalue weighted by molar-refractivity contribution is -0.149. The number of aliphatic carboxylic acids is 1. The lowest BCUT2D eigenvalue weighted by atomic mass is 9.67. The van der Waals surface area contributed by atoms with E-state index in [4.69, 9.17) is 4.74 Å². The van der Waals surface area contributed by atoms with Gasteiger partial charge < -0.3 is 9.84 Å². The predicted octanol–water partition coefficient (Wildman–Crippen LogP) is 6.15. The molecule has 25 heavy (non-hydrogen) atoms. The molecular formula is C22H38O3. The van der Waals surface area contributed by atoms with Crippen molar-refractivity contribution in [1.29, 1.82) is 0 Å². The lowest BCUT2D eigenvalue weighted by Crippen LogP contribution is -2.38. The highest BCUT2D eigenvalue weighted by Crippen LogP contribution is 2.43. The first-order chi connectivity index (χ1) is 12.1. The van der Waals surface area contributed by atoms with Crippen LogP contribution in [0.15, 0.2) is 23.8 Å². The Kier molecular flexibility index (Phi) is 10.8. The van der Waals surface area contributed by atoms with Crippen LogP contribution in [-0.4, -0.2) is 24.8 Å². The summed E-state index contributed by atoms with van der Waals surface area (Å²) in [4.78, 5) is 12.2. The summed E-state index contributed by atoms with van der Waals surface area (Å²) in [6, 6.07) is 0. The summed E-state index contributed by atoms with van der Waals surface area (Å²) >= 11 is 0. The molecule has 1 rings (SSSR count). The van der Waals surface area contributed by atoms with Crippen LogP contribution in [0.5, 0.6) is 0 Å². The van der Waals surface area contributed by atoms with Crippen LogP contribution in [0.4, 0.5) is 0 Å². The Morgan fingerprint density at radius 2 is 1.80 bits per heavy atom. The van der Waals surface area contributed by atoms with Crippen LogP contribution in [0.1, 0.15) is 84.5 Å². The first kappa shape index (κ1) is 22.0. The highest BCUT2D eigenvalue weighted by atomic mass is 16.5. The number of ether oxygens (including phenoxy) is 1. The molecule has 0 aromatic heterocycles. The van der Waals surface area contributed by atoms with E-state index in [-0.39, 0.29) is 5.92 Å². The Balaban J connectivity index is 2.77. The summed E-state index contributed by atoms with van der Waals surface area (Å²) in [5.74, 6) is -0.637. The maximum absolute atomic E-state index is 12.2. The van der Waals surface area contributed by atoms with Gasteiger partial charge in [-0.25, -0.2) is 0 Å². The van der Waals surface area contributed by atoms with Crippen LogP contribution in [-0.2, 0) is 9.53 Å². The summed E-state index contributed by atoms with van der Waals surface area (Å²) < 4.78 is 5.26. The van der Waals surface area contributed by atoms with Gasteiger partial charge in [-0.15, -0.1) is 0 Å². The maximum atomic E-state index is 12.2. The molecule has 2 atom stereocenters. The van der Waals surface area contributed by atoms with E-state index in [1.54, 1.807) is 7.11 Å². The monoisotopic (exact) mass is 350 g/mol. The molecular weight excluding hydrogens is 312 g/mol. The van der Waals surface area contributed by atoms with Crippen molar-refractivity contribution >= 4 is 5.97 Å². The van der Waals surface area contributed by atoms with Crippen molar-refractivity contribution in [3.8, 4) is 0 Å². The minimum atomic E-state index is -0.751. The van der Waals surface area contributed by atoms with E-state index < -0.39 is 11.4 Å². The standard InChI is InChI=1S/C22H38O3/c1-4-6-8-9-10-11-15-22(21(23)24)16-13-19(12-7-5-2)18-20(22)14-17-25-3/h13,16,18,20H,4-12,14-15,17H2,1-3H3,(H,23,24). The van der Waals surface area contributed by atoms with E-state index in [1.807, 2.05) is 6.08 Å². The van der Waals surface area contributed by atoms with E-state index in [2.05, 4.69) is 26.0 Å². The molecule has 1 N–H and O–H groups in total. The van der Waals surface area contributed by atoms with Gasteiger partial charge >= 0.3 is 5.97 Å². The third kappa shape index (κ3) is 6.97. The summed E-state index contributed by atoms with van der Waals surface area (Å²) in [5.41, 5.74) is 0.543. The van der Waals surface area contributed by atoms with Gasteiger partial charge in [-0.2, -0.15) is 0 Å². The Bertz CT molecular complexity index is 439. The molecule has 0 radical (unpaired) electrons. The molecule has 1 aliphatic carbocycles. The average Bonchev–Trinajstić information content (AvgIpc) is 2.61. The second kappa shape index (κ2) is 12.3. The number of rotatable bonds is 14. The molecule has 3 nitrogen and oxygen atoms in total. The van der Waals surface area contributed by atoms with E-state index in [9.17, 15) is 9.90 Å². The Hall–Kier alpha value is -1.09. The predicted molar refractivity (Wildman–Crippen MR) is 105 cm³/mol. The quantitative estimate of drug-likeness (QED) is 0.382. The fourth-order valence-electron chi connectivity index (χ4n) is 3.78. The van der Waals surface area contributed by atoms with Gasteiger partial charge in [0.15, 0.2) is 0 Å². The molecule has 0 bridgehead atoms. The van der Waals surface area contributed by atoms with Gasteiger partial charge in [0.25, 0.3) is 0 Å². The van der Waals surface area contributed by atoms with E-state index in [1.165, 1.54) is 31.3 Å². The number of carboxylic acid groups (broad SMARTS) is 1. The van der Waals surface area contributed by atoms with Crippen LogP contribution in [0, 0.1) is 11.3 Å². The average molecular weight is 351 g/mol. The minimum Gasteiger partial charge on any atom is -0.481 e. The Morgan fingerprint density at radius 1 is 1.12 bits per heavy atom. The van der Waals surface area contributed by atoms with Crippen molar-refractivity contribution in [2.24, 2.45) is 11.3 Å².